The predicted molar refractivity (Wildman–Crippen MR) is 85.5 cm³/mol. The molecule has 0 atom stereocenters. The fraction of sp³-hybridized carbons (Fsp3) is 0.188. The van der Waals surface area contributed by atoms with Crippen molar-refractivity contribution in [2.45, 2.75) is 12.8 Å². The molecule has 0 N–H and O–H groups in total. The molecule has 0 spiro atoms. The summed E-state index contributed by atoms with van der Waals surface area (Å²) in [6.07, 6.45) is 1.28. The van der Waals surface area contributed by atoms with Gasteiger partial charge < -0.3 is 4.74 Å². The number of ketones is 1. The normalized spacial score (nSPS) is 12.9. The molecule has 102 valence electrons. The zero-order valence-corrected chi connectivity index (χ0v) is 13.8. The van der Waals surface area contributed by atoms with Crippen molar-refractivity contribution in [1.29, 1.82) is 0 Å². The summed E-state index contributed by atoms with van der Waals surface area (Å²) in [4.78, 5) is 12.4. The largest absolute Gasteiger partial charge is 0.493 e. The Balaban J connectivity index is 1.88. The van der Waals surface area contributed by atoms with Gasteiger partial charge in [-0.25, -0.2) is 0 Å². The number of fused-ring (bicyclic) bond motifs is 1. The molecule has 2 aromatic carbocycles. The highest BCUT2D eigenvalue weighted by molar-refractivity contribution is 9.10. The number of hydrogen-bond donors (Lipinski definition) is 0. The van der Waals surface area contributed by atoms with Gasteiger partial charge in [0.2, 0.25) is 0 Å². The molecule has 0 saturated heterocycles. The molecule has 0 aliphatic carbocycles. The van der Waals surface area contributed by atoms with Gasteiger partial charge in [0.25, 0.3) is 0 Å². The van der Waals surface area contributed by atoms with Crippen molar-refractivity contribution in [3.8, 4) is 5.75 Å². The third-order valence-electron chi connectivity index (χ3n) is 3.34. The van der Waals surface area contributed by atoms with Gasteiger partial charge >= 0.3 is 0 Å². The summed E-state index contributed by atoms with van der Waals surface area (Å²) < 4.78 is 7.63. The lowest BCUT2D eigenvalue weighted by Gasteiger charge is -2.08. The lowest BCUT2D eigenvalue weighted by Crippen LogP contribution is -2.05. The summed E-state index contributed by atoms with van der Waals surface area (Å²) in [7, 11) is 0. The van der Waals surface area contributed by atoms with Crippen molar-refractivity contribution >= 4 is 37.6 Å². The van der Waals surface area contributed by atoms with E-state index in [1.807, 2.05) is 30.3 Å². The Morgan fingerprint density at radius 2 is 1.85 bits per heavy atom. The summed E-state index contributed by atoms with van der Waals surface area (Å²) in [6, 6.07) is 11.5. The first-order valence-electron chi connectivity index (χ1n) is 6.36. The Morgan fingerprint density at radius 1 is 1.10 bits per heavy atom. The highest BCUT2D eigenvalue weighted by Gasteiger charge is 2.19. The van der Waals surface area contributed by atoms with Crippen LogP contribution in [0.1, 0.15) is 21.5 Å². The second-order valence-electron chi connectivity index (χ2n) is 4.76. The van der Waals surface area contributed by atoms with E-state index < -0.39 is 0 Å². The van der Waals surface area contributed by atoms with E-state index in [1.54, 1.807) is 0 Å². The smallest absolute Gasteiger partial charge is 0.167 e. The van der Waals surface area contributed by atoms with Crippen LogP contribution in [-0.2, 0) is 12.8 Å². The maximum atomic E-state index is 12.4. The van der Waals surface area contributed by atoms with Gasteiger partial charge in [-0.15, -0.1) is 0 Å². The lowest BCUT2D eigenvalue weighted by molar-refractivity contribution is 0.0992. The number of hydrogen-bond acceptors (Lipinski definition) is 2. The summed E-state index contributed by atoms with van der Waals surface area (Å²) >= 11 is 6.87. The lowest BCUT2D eigenvalue weighted by atomic mass is 10.00. The predicted octanol–water partition coefficient (Wildman–Crippen LogP) is 4.57. The second-order valence-corrected chi connectivity index (χ2v) is 6.59. The molecule has 2 nitrogen and oxygen atoms in total. The SMILES string of the molecule is O=C(Cc1cc(Br)cc2c1OCC2)c1ccc(Br)cc1. The number of rotatable bonds is 3. The van der Waals surface area contributed by atoms with Crippen LogP contribution in [0.2, 0.25) is 0 Å². The van der Waals surface area contributed by atoms with Crippen molar-refractivity contribution < 1.29 is 9.53 Å². The molecule has 1 aliphatic heterocycles. The number of benzene rings is 2. The standard InChI is InChI=1S/C16H12Br2O2/c17-13-3-1-10(2-4-13)15(19)9-12-8-14(18)7-11-5-6-20-16(11)12/h1-4,7-8H,5-6,9H2. The maximum Gasteiger partial charge on any atom is 0.167 e. The molecule has 20 heavy (non-hydrogen) atoms. The number of Topliss-reactive ketones (excluding diaryl/α,β-unsaturated/α-hetero) is 1. The number of halogens is 2. The monoisotopic (exact) mass is 394 g/mol. The van der Waals surface area contributed by atoms with Crippen LogP contribution < -0.4 is 4.74 Å². The number of carbonyl (C=O) groups is 1. The first kappa shape index (κ1) is 13.8. The third-order valence-corrected chi connectivity index (χ3v) is 4.33. The summed E-state index contributed by atoms with van der Waals surface area (Å²) in [5.74, 6) is 0.993. The molecule has 0 amide bonds. The zero-order chi connectivity index (χ0) is 14.1. The van der Waals surface area contributed by atoms with E-state index in [-0.39, 0.29) is 5.78 Å². The Kier molecular flexibility index (Phi) is 3.94. The molecule has 0 unspecified atom stereocenters. The second kappa shape index (κ2) is 5.70. The Labute approximate surface area is 134 Å². The van der Waals surface area contributed by atoms with E-state index in [2.05, 4.69) is 37.9 Å². The van der Waals surface area contributed by atoms with E-state index in [9.17, 15) is 4.79 Å². The van der Waals surface area contributed by atoms with Gasteiger partial charge in [-0.3, -0.25) is 4.79 Å². The van der Waals surface area contributed by atoms with Crippen LogP contribution in [0.5, 0.6) is 5.75 Å². The fourth-order valence-corrected chi connectivity index (χ4v) is 3.21. The van der Waals surface area contributed by atoms with Crippen molar-refractivity contribution in [3.05, 3.63) is 62.0 Å². The summed E-state index contributed by atoms with van der Waals surface area (Å²) in [5, 5.41) is 0. The van der Waals surface area contributed by atoms with Gasteiger partial charge in [-0.2, -0.15) is 0 Å². The average molecular weight is 396 g/mol. The van der Waals surface area contributed by atoms with Gasteiger partial charge in [0.05, 0.1) is 6.61 Å². The van der Waals surface area contributed by atoms with E-state index in [4.69, 9.17) is 4.74 Å². The van der Waals surface area contributed by atoms with E-state index in [0.717, 1.165) is 32.2 Å². The molecule has 0 aromatic heterocycles. The van der Waals surface area contributed by atoms with Gasteiger partial charge in [0, 0.05) is 32.9 Å². The zero-order valence-electron chi connectivity index (χ0n) is 10.7. The maximum absolute atomic E-state index is 12.4. The van der Waals surface area contributed by atoms with Crippen LogP contribution >= 0.6 is 31.9 Å². The molecule has 0 bridgehead atoms. The summed E-state index contributed by atoms with van der Waals surface area (Å²) in [5.41, 5.74) is 2.86. The minimum Gasteiger partial charge on any atom is -0.493 e. The van der Waals surface area contributed by atoms with Gasteiger partial charge in [-0.1, -0.05) is 44.0 Å². The van der Waals surface area contributed by atoms with E-state index >= 15 is 0 Å². The Morgan fingerprint density at radius 3 is 2.60 bits per heavy atom. The highest BCUT2D eigenvalue weighted by atomic mass is 79.9. The van der Waals surface area contributed by atoms with Crippen LogP contribution in [0.25, 0.3) is 0 Å². The summed E-state index contributed by atoms with van der Waals surface area (Å²) in [6.45, 7) is 0.700. The van der Waals surface area contributed by atoms with E-state index in [1.165, 1.54) is 5.56 Å². The quantitative estimate of drug-likeness (QED) is 0.711. The van der Waals surface area contributed by atoms with Gasteiger partial charge in [0.15, 0.2) is 5.78 Å². The number of ether oxygens (including phenoxy) is 1. The molecule has 4 heteroatoms. The van der Waals surface area contributed by atoms with Gasteiger partial charge in [0.1, 0.15) is 5.75 Å². The van der Waals surface area contributed by atoms with Crippen molar-refractivity contribution in [3.63, 3.8) is 0 Å². The van der Waals surface area contributed by atoms with Gasteiger partial charge in [-0.05, 0) is 29.8 Å². The van der Waals surface area contributed by atoms with Crippen molar-refractivity contribution in [2.75, 3.05) is 6.61 Å². The number of carbonyl (C=O) groups excluding carboxylic acids is 1. The Bertz CT molecular complexity index is 663. The molecule has 1 heterocycles. The molecular formula is C16H12Br2O2. The first-order valence-corrected chi connectivity index (χ1v) is 7.95. The minimum absolute atomic E-state index is 0.105. The van der Waals surface area contributed by atoms with E-state index in [0.29, 0.717) is 13.0 Å². The third kappa shape index (κ3) is 2.81. The van der Waals surface area contributed by atoms with Crippen LogP contribution in [-0.4, -0.2) is 12.4 Å². The van der Waals surface area contributed by atoms with Crippen molar-refractivity contribution in [1.82, 2.24) is 0 Å². The average Bonchev–Trinajstić information content (AvgIpc) is 2.87. The minimum atomic E-state index is 0.105. The topological polar surface area (TPSA) is 26.3 Å². The van der Waals surface area contributed by atoms with Crippen LogP contribution in [0, 0.1) is 0 Å². The fourth-order valence-electron chi connectivity index (χ4n) is 2.39. The van der Waals surface area contributed by atoms with Crippen LogP contribution in [0.4, 0.5) is 0 Å². The van der Waals surface area contributed by atoms with Crippen LogP contribution in [0.3, 0.4) is 0 Å². The van der Waals surface area contributed by atoms with Crippen molar-refractivity contribution in [2.24, 2.45) is 0 Å². The molecule has 0 fully saturated rings. The molecule has 1 aliphatic rings. The highest BCUT2D eigenvalue weighted by Crippen LogP contribution is 2.33. The molecule has 2 aromatic rings. The molecule has 3 rings (SSSR count). The van der Waals surface area contributed by atoms with Crippen LogP contribution in [0.15, 0.2) is 45.3 Å². The Hall–Kier alpha value is -1.13. The molecular weight excluding hydrogens is 384 g/mol. The molecule has 0 radical (unpaired) electrons. The first-order chi connectivity index (χ1) is 9.63. The molecule has 0 saturated carbocycles.